The second-order valence-electron chi connectivity index (χ2n) is 3.78. The number of nitrogens with two attached hydrogens (primary N) is 1. The number of rotatable bonds is 6. The Kier molecular flexibility index (Phi) is 6.01. The highest BCUT2D eigenvalue weighted by Gasteiger charge is 2.13. The lowest BCUT2D eigenvalue weighted by Crippen LogP contribution is -2.25. The van der Waals surface area contributed by atoms with Crippen LogP contribution in [-0.2, 0) is 0 Å². The zero-order valence-corrected chi connectivity index (χ0v) is 11.3. The molecule has 0 bridgehead atoms. The van der Waals surface area contributed by atoms with Gasteiger partial charge < -0.3 is 11.1 Å². The van der Waals surface area contributed by atoms with Gasteiger partial charge in [-0.25, -0.2) is 4.39 Å². The molecule has 0 aliphatic heterocycles. The summed E-state index contributed by atoms with van der Waals surface area (Å²) in [6.45, 7) is 0.452. The van der Waals surface area contributed by atoms with Crippen LogP contribution >= 0.6 is 23.8 Å². The SMILES string of the molecule is NC(=S)CCCCNC(=O)c1cccc(Cl)c1F. The van der Waals surface area contributed by atoms with Crippen molar-refractivity contribution in [3.05, 3.63) is 34.6 Å². The van der Waals surface area contributed by atoms with E-state index in [0.717, 1.165) is 12.8 Å². The predicted octanol–water partition coefficient (Wildman–Crippen LogP) is 2.67. The molecule has 0 aliphatic rings. The van der Waals surface area contributed by atoms with E-state index in [4.69, 9.17) is 29.6 Å². The monoisotopic (exact) mass is 288 g/mol. The molecule has 0 aromatic heterocycles. The van der Waals surface area contributed by atoms with Gasteiger partial charge in [-0.2, -0.15) is 0 Å². The van der Waals surface area contributed by atoms with Gasteiger partial charge in [0.25, 0.3) is 5.91 Å². The Balaban J connectivity index is 2.41. The molecule has 0 radical (unpaired) electrons. The Hall–Kier alpha value is -1.20. The molecule has 1 rings (SSSR count). The van der Waals surface area contributed by atoms with E-state index in [1.165, 1.54) is 18.2 Å². The number of thiocarbonyl (C=S) groups is 1. The lowest BCUT2D eigenvalue weighted by atomic mass is 10.2. The summed E-state index contributed by atoms with van der Waals surface area (Å²) in [7, 11) is 0. The predicted molar refractivity (Wildman–Crippen MR) is 74.4 cm³/mol. The van der Waals surface area contributed by atoms with Gasteiger partial charge >= 0.3 is 0 Å². The van der Waals surface area contributed by atoms with E-state index in [9.17, 15) is 9.18 Å². The lowest BCUT2D eigenvalue weighted by Gasteiger charge is -2.06. The highest BCUT2D eigenvalue weighted by atomic mass is 35.5. The van der Waals surface area contributed by atoms with Crippen LogP contribution in [0.25, 0.3) is 0 Å². The summed E-state index contributed by atoms with van der Waals surface area (Å²) in [6.07, 6.45) is 2.19. The summed E-state index contributed by atoms with van der Waals surface area (Å²) >= 11 is 10.3. The molecular weight excluding hydrogens is 275 g/mol. The van der Waals surface area contributed by atoms with Crippen LogP contribution in [0.3, 0.4) is 0 Å². The van der Waals surface area contributed by atoms with Crippen molar-refractivity contribution in [3.8, 4) is 0 Å². The molecule has 98 valence electrons. The molecule has 3 N–H and O–H groups in total. The van der Waals surface area contributed by atoms with E-state index in [0.29, 0.717) is 18.0 Å². The number of halogens is 2. The van der Waals surface area contributed by atoms with Crippen LogP contribution in [0.2, 0.25) is 5.02 Å². The molecule has 0 unspecified atom stereocenters. The summed E-state index contributed by atoms with van der Waals surface area (Å²) in [5.41, 5.74) is 5.30. The van der Waals surface area contributed by atoms with Crippen LogP contribution < -0.4 is 11.1 Å². The molecule has 6 heteroatoms. The smallest absolute Gasteiger partial charge is 0.254 e. The number of unbranched alkanes of at least 4 members (excludes halogenated alkanes) is 1. The zero-order valence-electron chi connectivity index (χ0n) is 9.71. The van der Waals surface area contributed by atoms with Crippen molar-refractivity contribution < 1.29 is 9.18 Å². The van der Waals surface area contributed by atoms with Crippen molar-refractivity contribution >= 4 is 34.7 Å². The number of amides is 1. The topological polar surface area (TPSA) is 55.1 Å². The van der Waals surface area contributed by atoms with Gasteiger partial charge in [0.15, 0.2) is 5.82 Å². The van der Waals surface area contributed by atoms with Crippen molar-refractivity contribution in [3.63, 3.8) is 0 Å². The first-order valence-corrected chi connectivity index (χ1v) is 6.31. The summed E-state index contributed by atoms with van der Waals surface area (Å²) in [4.78, 5) is 12.1. The zero-order chi connectivity index (χ0) is 13.5. The van der Waals surface area contributed by atoms with Crippen molar-refractivity contribution in [2.75, 3.05) is 6.54 Å². The first kappa shape index (κ1) is 14.9. The largest absolute Gasteiger partial charge is 0.393 e. The van der Waals surface area contributed by atoms with Gasteiger partial charge in [0.05, 0.1) is 15.6 Å². The third kappa shape index (κ3) is 4.58. The molecule has 1 aromatic carbocycles. The van der Waals surface area contributed by atoms with Gasteiger partial charge in [-0.3, -0.25) is 4.79 Å². The Morgan fingerprint density at radius 1 is 1.44 bits per heavy atom. The first-order chi connectivity index (χ1) is 8.52. The number of carbonyl (C=O) groups is 1. The standard InChI is InChI=1S/C12H14ClFN2OS/c13-9-5-3-4-8(11(9)14)12(17)16-7-2-1-6-10(15)18/h3-5H,1-2,6-7H2,(H2,15,18)(H,16,17). The molecule has 3 nitrogen and oxygen atoms in total. The minimum absolute atomic E-state index is 0.0446. The number of benzene rings is 1. The minimum Gasteiger partial charge on any atom is -0.393 e. The van der Waals surface area contributed by atoms with Crippen LogP contribution in [0.1, 0.15) is 29.6 Å². The number of carbonyl (C=O) groups excluding carboxylic acids is 1. The Bertz CT molecular complexity index is 454. The molecule has 0 aliphatic carbocycles. The highest BCUT2D eigenvalue weighted by molar-refractivity contribution is 7.80. The van der Waals surface area contributed by atoms with Gasteiger partial charge in [-0.15, -0.1) is 0 Å². The van der Waals surface area contributed by atoms with Crippen LogP contribution in [-0.4, -0.2) is 17.4 Å². The fraction of sp³-hybridized carbons (Fsp3) is 0.333. The average molecular weight is 289 g/mol. The Morgan fingerprint density at radius 2 is 2.17 bits per heavy atom. The normalized spacial score (nSPS) is 10.1. The van der Waals surface area contributed by atoms with Gasteiger partial charge in [0.2, 0.25) is 0 Å². The van der Waals surface area contributed by atoms with Crippen molar-refractivity contribution in [2.24, 2.45) is 5.73 Å². The van der Waals surface area contributed by atoms with Gasteiger partial charge in [-0.1, -0.05) is 29.9 Å². The van der Waals surface area contributed by atoms with E-state index in [1.807, 2.05) is 0 Å². The molecule has 1 amide bonds. The maximum Gasteiger partial charge on any atom is 0.254 e. The Morgan fingerprint density at radius 3 is 2.83 bits per heavy atom. The molecule has 0 spiro atoms. The van der Waals surface area contributed by atoms with Crippen molar-refractivity contribution in [1.82, 2.24) is 5.32 Å². The van der Waals surface area contributed by atoms with Crippen molar-refractivity contribution in [2.45, 2.75) is 19.3 Å². The van der Waals surface area contributed by atoms with Gasteiger partial charge in [0.1, 0.15) is 0 Å². The molecule has 0 heterocycles. The van der Waals surface area contributed by atoms with Crippen LogP contribution in [0.4, 0.5) is 4.39 Å². The highest BCUT2D eigenvalue weighted by Crippen LogP contribution is 2.17. The molecule has 0 saturated heterocycles. The average Bonchev–Trinajstić information content (AvgIpc) is 2.31. The van der Waals surface area contributed by atoms with Gasteiger partial charge in [0, 0.05) is 6.54 Å². The third-order valence-corrected chi connectivity index (χ3v) is 2.83. The minimum atomic E-state index is -0.695. The fourth-order valence-corrected chi connectivity index (χ4v) is 1.72. The van der Waals surface area contributed by atoms with E-state index in [-0.39, 0.29) is 10.6 Å². The summed E-state index contributed by atoms with van der Waals surface area (Å²) < 4.78 is 13.5. The number of nitrogens with one attached hydrogen (secondary N) is 1. The van der Waals surface area contributed by atoms with Crippen LogP contribution in [0, 0.1) is 5.82 Å². The van der Waals surface area contributed by atoms with E-state index >= 15 is 0 Å². The summed E-state index contributed by atoms with van der Waals surface area (Å²) in [6, 6.07) is 4.33. The quantitative estimate of drug-likeness (QED) is 0.625. The van der Waals surface area contributed by atoms with Crippen LogP contribution in [0.15, 0.2) is 18.2 Å². The fourth-order valence-electron chi connectivity index (χ4n) is 1.40. The van der Waals surface area contributed by atoms with E-state index in [2.05, 4.69) is 5.32 Å². The second kappa shape index (κ2) is 7.28. The molecule has 0 saturated carbocycles. The number of hydrogen-bond donors (Lipinski definition) is 2. The molecule has 1 aromatic rings. The molecular formula is C12H14ClFN2OS. The third-order valence-electron chi connectivity index (χ3n) is 2.33. The Labute approximate surface area is 115 Å². The first-order valence-electron chi connectivity index (χ1n) is 5.53. The summed E-state index contributed by atoms with van der Waals surface area (Å²) in [5, 5.41) is 2.56. The van der Waals surface area contributed by atoms with E-state index in [1.54, 1.807) is 0 Å². The summed E-state index contributed by atoms with van der Waals surface area (Å²) in [5.74, 6) is -1.16. The lowest BCUT2D eigenvalue weighted by molar-refractivity contribution is 0.0949. The second-order valence-corrected chi connectivity index (χ2v) is 4.71. The van der Waals surface area contributed by atoms with Crippen LogP contribution in [0.5, 0.6) is 0 Å². The number of hydrogen-bond acceptors (Lipinski definition) is 2. The van der Waals surface area contributed by atoms with Gasteiger partial charge in [-0.05, 0) is 31.4 Å². The van der Waals surface area contributed by atoms with E-state index < -0.39 is 11.7 Å². The maximum absolute atomic E-state index is 13.5. The molecule has 0 fully saturated rings. The molecule has 18 heavy (non-hydrogen) atoms. The van der Waals surface area contributed by atoms with Crippen molar-refractivity contribution in [1.29, 1.82) is 0 Å². The maximum atomic E-state index is 13.5. The molecule has 0 atom stereocenters.